The number of carbonyl (C=O) groups excluding carboxylic acids is 2. The third kappa shape index (κ3) is 5.62. The Balaban J connectivity index is 1.46. The largest absolute Gasteiger partial charge is 0.375 e. The van der Waals surface area contributed by atoms with Crippen LogP contribution in [0.15, 0.2) is 48.5 Å². The molecule has 0 saturated carbocycles. The summed E-state index contributed by atoms with van der Waals surface area (Å²) in [5.41, 5.74) is 1.85. The number of nitrogens with one attached hydrogen (secondary N) is 2. The van der Waals surface area contributed by atoms with Gasteiger partial charge in [0.05, 0.1) is 6.54 Å². The van der Waals surface area contributed by atoms with Crippen molar-refractivity contribution in [1.82, 2.24) is 15.5 Å². The van der Waals surface area contributed by atoms with Gasteiger partial charge in [0.25, 0.3) is 0 Å². The minimum Gasteiger partial charge on any atom is -0.375 e. The zero-order valence-corrected chi connectivity index (χ0v) is 21.6. The standard InChI is InChI=1S/C29H38FN3O3/c1-28(2,30)20-31-27(35)29(24-12-6-4-10-22(24)23-11-5-7-13-25(23)29)15-8-9-16-33-17-14-21(18-33)32-26(34)19-36-3/h4-7,10-13,21H,8-9,14-20H2,1-3H3,(H,31,35)(H,32,34). The Labute approximate surface area is 213 Å². The van der Waals surface area contributed by atoms with Crippen LogP contribution in [0, 0.1) is 0 Å². The Kier molecular flexibility index (Phi) is 8.10. The van der Waals surface area contributed by atoms with Crippen LogP contribution in [0.4, 0.5) is 4.39 Å². The summed E-state index contributed by atoms with van der Waals surface area (Å²) in [6.07, 6.45) is 3.38. The van der Waals surface area contributed by atoms with Gasteiger partial charge >= 0.3 is 0 Å². The van der Waals surface area contributed by atoms with Gasteiger partial charge in [0.1, 0.15) is 17.7 Å². The van der Waals surface area contributed by atoms with Crippen molar-refractivity contribution in [1.29, 1.82) is 0 Å². The number of halogens is 1. The van der Waals surface area contributed by atoms with Crippen molar-refractivity contribution in [3.8, 4) is 11.1 Å². The molecule has 1 unspecified atom stereocenters. The van der Waals surface area contributed by atoms with E-state index in [1.165, 1.54) is 21.0 Å². The van der Waals surface area contributed by atoms with Crippen LogP contribution in [0.3, 0.4) is 0 Å². The first kappa shape index (κ1) is 26.3. The second-order valence-electron chi connectivity index (χ2n) is 10.6. The Bertz CT molecular complexity index is 1040. The molecule has 4 rings (SSSR count). The van der Waals surface area contributed by atoms with E-state index >= 15 is 0 Å². The number of unbranched alkanes of at least 4 members (excludes halogenated alkanes) is 1. The van der Waals surface area contributed by atoms with Gasteiger partial charge in [-0.3, -0.25) is 9.59 Å². The maximum absolute atomic E-state index is 14.3. The topological polar surface area (TPSA) is 70.7 Å². The second kappa shape index (κ2) is 11.1. The number of fused-ring (bicyclic) bond motifs is 3. The minimum atomic E-state index is -1.49. The number of carbonyl (C=O) groups is 2. The fourth-order valence-electron chi connectivity index (χ4n) is 5.67. The highest BCUT2D eigenvalue weighted by Gasteiger charge is 2.48. The van der Waals surface area contributed by atoms with Crippen molar-refractivity contribution < 1.29 is 18.7 Å². The molecule has 0 radical (unpaired) electrons. The normalized spacial score (nSPS) is 18.5. The maximum atomic E-state index is 14.3. The summed E-state index contributed by atoms with van der Waals surface area (Å²) < 4.78 is 19.2. The summed E-state index contributed by atoms with van der Waals surface area (Å²) in [6.45, 7) is 5.72. The minimum absolute atomic E-state index is 0.0259. The number of ether oxygens (including phenoxy) is 1. The number of hydrogen-bond acceptors (Lipinski definition) is 4. The van der Waals surface area contributed by atoms with Crippen LogP contribution in [0.2, 0.25) is 0 Å². The van der Waals surface area contributed by atoms with Crippen LogP contribution in [0.5, 0.6) is 0 Å². The molecular weight excluding hydrogens is 457 g/mol. The monoisotopic (exact) mass is 495 g/mol. The van der Waals surface area contributed by atoms with Gasteiger partial charge in [0, 0.05) is 26.2 Å². The molecule has 2 N–H and O–H groups in total. The smallest absolute Gasteiger partial charge is 0.246 e. The van der Waals surface area contributed by atoms with Crippen molar-refractivity contribution in [3.05, 3.63) is 59.7 Å². The van der Waals surface area contributed by atoms with Gasteiger partial charge in [-0.2, -0.15) is 0 Å². The predicted molar refractivity (Wildman–Crippen MR) is 140 cm³/mol. The molecule has 0 aromatic heterocycles. The zero-order valence-electron chi connectivity index (χ0n) is 21.6. The van der Waals surface area contributed by atoms with Gasteiger partial charge in [-0.15, -0.1) is 0 Å². The van der Waals surface area contributed by atoms with E-state index in [9.17, 15) is 14.0 Å². The van der Waals surface area contributed by atoms with Gasteiger partial charge < -0.3 is 20.3 Å². The highest BCUT2D eigenvalue weighted by atomic mass is 19.1. The Morgan fingerprint density at radius 3 is 2.33 bits per heavy atom. The number of likely N-dealkylation sites (tertiary alicyclic amines) is 1. The SMILES string of the molecule is COCC(=O)NC1CCN(CCCCC2(C(=O)NCC(C)(C)F)c3ccccc3-c3ccccc32)C1. The second-order valence-corrected chi connectivity index (χ2v) is 10.6. The molecule has 7 heteroatoms. The van der Waals surface area contributed by atoms with Crippen LogP contribution in [-0.4, -0.2) is 68.3 Å². The molecule has 2 aromatic carbocycles. The summed E-state index contributed by atoms with van der Waals surface area (Å²) >= 11 is 0. The van der Waals surface area contributed by atoms with Crippen molar-refractivity contribution in [2.24, 2.45) is 0 Å². The third-order valence-corrected chi connectivity index (χ3v) is 7.31. The molecule has 1 aliphatic heterocycles. The molecule has 36 heavy (non-hydrogen) atoms. The fourth-order valence-corrected chi connectivity index (χ4v) is 5.67. The molecule has 2 amide bonds. The first-order valence-corrected chi connectivity index (χ1v) is 12.9. The van der Waals surface area contributed by atoms with Gasteiger partial charge in [-0.05, 0) is 61.9 Å². The molecule has 2 aliphatic rings. The number of benzene rings is 2. The molecule has 1 aliphatic carbocycles. The van der Waals surface area contributed by atoms with Gasteiger partial charge in [0.2, 0.25) is 11.8 Å². The number of hydrogen-bond donors (Lipinski definition) is 2. The fraction of sp³-hybridized carbons (Fsp3) is 0.517. The predicted octanol–water partition coefficient (Wildman–Crippen LogP) is 3.82. The highest BCUT2D eigenvalue weighted by molar-refractivity contribution is 6.00. The molecule has 1 saturated heterocycles. The summed E-state index contributed by atoms with van der Waals surface area (Å²) in [5, 5.41) is 5.95. The zero-order chi connectivity index (χ0) is 25.8. The highest BCUT2D eigenvalue weighted by Crippen LogP contribution is 2.51. The van der Waals surface area contributed by atoms with Gasteiger partial charge in [0.15, 0.2) is 0 Å². The van der Waals surface area contributed by atoms with Crippen LogP contribution in [-0.2, 0) is 19.7 Å². The van der Waals surface area contributed by atoms with Crippen molar-refractivity contribution in [2.45, 2.75) is 56.7 Å². The van der Waals surface area contributed by atoms with Crippen LogP contribution >= 0.6 is 0 Å². The molecule has 0 bridgehead atoms. The molecule has 6 nitrogen and oxygen atoms in total. The molecule has 0 spiro atoms. The molecule has 1 fully saturated rings. The maximum Gasteiger partial charge on any atom is 0.246 e. The van der Waals surface area contributed by atoms with Gasteiger partial charge in [-0.25, -0.2) is 4.39 Å². The first-order chi connectivity index (χ1) is 17.2. The van der Waals surface area contributed by atoms with E-state index in [2.05, 4.69) is 27.7 Å². The average molecular weight is 496 g/mol. The lowest BCUT2D eigenvalue weighted by molar-refractivity contribution is -0.126. The van der Waals surface area contributed by atoms with Crippen LogP contribution < -0.4 is 10.6 Å². The first-order valence-electron chi connectivity index (χ1n) is 12.9. The lowest BCUT2D eigenvalue weighted by atomic mass is 9.73. The Hall–Kier alpha value is -2.77. The van der Waals surface area contributed by atoms with E-state index in [4.69, 9.17) is 4.74 Å². The van der Waals surface area contributed by atoms with Gasteiger partial charge in [-0.1, -0.05) is 55.0 Å². The lowest BCUT2D eigenvalue weighted by Gasteiger charge is -2.32. The van der Waals surface area contributed by atoms with E-state index in [1.54, 1.807) is 0 Å². The van der Waals surface area contributed by atoms with Crippen molar-refractivity contribution in [2.75, 3.05) is 39.9 Å². The summed E-state index contributed by atoms with van der Waals surface area (Å²) in [5.74, 6) is -0.208. The lowest BCUT2D eigenvalue weighted by Crippen LogP contribution is -2.47. The molecule has 194 valence electrons. The number of amides is 2. The van der Waals surface area contributed by atoms with E-state index < -0.39 is 11.1 Å². The van der Waals surface area contributed by atoms with E-state index in [0.717, 1.165) is 61.2 Å². The molecular formula is C29H38FN3O3. The van der Waals surface area contributed by atoms with E-state index in [0.29, 0.717) is 6.42 Å². The molecule has 1 heterocycles. The van der Waals surface area contributed by atoms with Crippen molar-refractivity contribution >= 4 is 11.8 Å². The Morgan fingerprint density at radius 2 is 1.72 bits per heavy atom. The number of alkyl halides is 1. The van der Waals surface area contributed by atoms with E-state index in [1.807, 2.05) is 36.4 Å². The quantitative estimate of drug-likeness (QED) is 0.465. The summed E-state index contributed by atoms with van der Waals surface area (Å²) in [6, 6.07) is 16.4. The van der Waals surface area contributed by atoms with Crippen LogP contribution in [0.1, 0.15) is 50.7 Å². The average Bonchev–Trinajstić information content (AvgIpc) is 3.41. The molecule has 1 atom stereocenters. The summed E-state index contributed by atoms with van der Waals surface area (Å²) in [4.78, 5) is 28.0. The number of rotatable bonds is 11. The van der Waals surface area contributed by atoms with E-state index in [-0.39, 0.29) is 31.0 Å². The third-order valence-electron chi connectivity index (χ3n) is 7.31. The van der Waals surface area contributed by atoms with Crippen molar-refractivity contribution in [3.63, 3.8) is 0 Å². The number of nitrogens with zero attached hydrogens (tertiary/aromatic N) is 1. The molecule has 2 aromatic rings. The summed E-state index contributed by atoms with van der Waals surface area (Å²) in [7, 11) is 1.52. The van der Waals surface area contributed by atoms with Crippen LogP contribution in [0.25, 0.3) is 11.1 Å². The Morgan fingerprint density at radius 1 is 1.08 bits per heavy atom. The number of methoxy groups -OCH3 is 1.